The summed E-state index contributed by atoms with van der Waals surface area (Å²) in [7, 11) is 0. The molecule has 0 aliphatic carbocycles. The average Bonchev–Trinajstić information content (AvgIpc) is 2.93. The highest BCUT2D eigenvalue weighted by Crippen LogP contribution is 2.28. The third-order valence-electron chi connectivity index (χ3n) is 2.69. The highest BCUT2D eigenvalue weighted by atomic mass is 32.1. The maximum absolute atomic E-state index is 10.9. The Labute approximate surface area is 102 Å². The van der Waals surface area contributed by atoms with Crippen molar-refractivity contribution >= 4 is 23.1 Å². The lowest BCUT2D eigenvalue weighted by Gasteiger charge is -1.96. The highest BCUT2D eigenvalue weighted by molar-refractivity contribution is 7.15. The lowest BCUT2D eigenvalue weighted by atomic mass is 10.3. The Kier molecular flexibility index (Phi) is 2.30. The standard InChI is InChI=1S/C13H10N2OS/c1-9-14-6-13(17-9)10-5-11-3-2-4-12(8-16)15(11)7-10/h2-8H,1H3. The van der Waals surface area contributed by atoms with Gasteiger partial charge in [0, 0.05) is 23.5 Å². The van der Waals surface area contributed by atoms with Crippen LogP contribution in [0.5, 0.6) is 0 Å². The van der Waals surface area contributed by atoms with Crippen LogP contribution in [0.2, 0.25) is 0 Å². The Bertz CT molecular complexity index is 696. The number of aryl methyl sites for hydroxylation is 1. The molecule has 3 aromatic heterocycles. The first-order valence-corrected chi connectivity index (χ1v) is 6.09. The van der Waals surface area contributed by atoms with Gasteiger partial charge in [-0.25, -0.2) is 4.98 Å². The number of pyridine rings is 1. The number of thiazole rings is 1. The predicted molar refractivity (Wildman–Crippen MR) is 68.6 cm³/mol. The smallest absolute Gasteiger partial charge is 0.166 e. The first kappa shape index (κ1) is 10.2. The minimum absolute atomic E-state index is 0.662. The number of hydrogen-bond donors (Lipinski definition) is 0. The van der Waals surface area contributed by atoms with Gasteiger partial charge in [-0.15, -0.1) is 11.3 Å². The molecule has 0 bridgehead atoms. The van der Waals surface area contributed by atoms with Crippen LogP contribution >= 0.6 is 11.3 Å². The van der Waals surface area contributed by atoms with E-state index in [1.807, 2.05) is 41.9 Å². The third kappa shape index (κ3) is 1.66. The van der Waals surface area contributed by atoms with Gasteiger partial charge in [-0.2, -0.15) is 0 Å². The quantitative estimate of drug-likeness (QED) is 0.647. The van der Waals surface area contributed by atoms with Gasteiger partial charge in [0.15, 0.2) is 6.29 Å². The topological polar surface area (TPSA) is 34.4 Å². The van der Waals surface area contributed by atoms with Crippen molar-refractivity contribution in [2.24, 2.45) is 0 Å². The van der Waals surface area contributed by atoms with E-state index in [0.717, 1.165) is 27.3 Å². The Balaban J connectivity index is 2.23. The van der Waals surface area contributed by atoms with Crippen LogP contribution in [0, 0.1) is 6.92 Å². The summed E-state index contributed by atoms with van der Waals surface area (Å²) in [4.78, 5) is 16.3. The Hall–Kier alpha value is -1.94. The van der Waals surface area contributed by atoms with Crippen LogP contribution in [0.25, 0.3) is 16.0 Å². The molecule has 84 valence electrons. The van der Waals surface area contributed by atoms with E-state index in [9.17, 15) is 4.79 Å². The number of aldehydes is 1. The SMILES string of the molecule is Cc1ncc(-c2cc3cccc(C=O)n3c2)s1. The molecule has 4 heteroatoms. The summed E-state index contributed by atoms with van der Waals surface area (Å²) in [6, 6.07) is 7.76. The number of aromatic nitrogens is 2. The zero-order chi connectivity index (χ0) is 11.8. The summed E-state index contributed by atoms with van der Waals surface area (Å²) in [5.41, 5.74) is 2.79. The van der Waals surface area contributed by atoms with Crippen molar-refractivity contribution in [3.63, 3.8) is 0 Å². The van der Waals surface area contributed by atoms with Crippen molar-refractivity contribution in [3.8, 4) is 10.4 Å². The van der Waals surface area contributed by atoms with E-state index in [1.165, 1.54) is 0 Å². The number of carbonyl (C=O) groups is 1. The summed E-state index contributed by atoms with van der Waals surface area (Å²) in [6.07, 6.45) is 4.72. The molecule has 3 aromatic rings. The molecule has 3 rings (SSSR count). The molecule has 0 N–H and O–H groups in total. The van der Waals surface area contributed by atoms with Crippen LogP contribution in [0.15, 0.2) is 36.7 Å². The third-order valence-corrected chi connectivity index (χ3v) is 3.65. The molecule has 17 heavy (non-hydrogen) atoms. The fourth-order valence-electron chi connectivity index (χ4n) is 1.88. The molecule has 0 unspecified atom stereocenters. The van der Waals surface area contributed by atoms with Crippen LogP contribution in [0.3, 0.4) is 0 Å². The Morgan fingerprint density at radius 3 is 3.00 bits per heavy atom. The summed E-state index contributed by atoms with van der Waals surface area (Å²) in [6.45, 7) is 1.99. The second kappa shape index (κ2) is 3.82. The lowest BCUT2D eigenvalue weighted by molar-refractivity contribution is 0.111. The fraction of sp³-hybridized carbons (Fsp3) is 0.0769. The molecule has 0 amide bonds. The maximum atomic E-state index is 10.9. The van der Waals surface area contributed by atoms with Crippen molar-refractivity contribution in [2.45, 2.75) is 6.92 Å². The molecule has 0 saturated heterocycles. The van der Waals surface area contributed by atoms with Crippen LogP contribution in [-0.4, -0.2) is 15.7 Å². The lowest BCUT2D eigenvalue weighted by Crippen LogP contribution is -1.91. The number of carbonyl (C=O) groups excluding carboxylic acids is 1. The van der Waals surface area contributed by atoms with E-state index in [-0.39, 0.29) is 0 Å². The largest absolute Gasteiger partial charge is 0.314 e. The first-order valence-electron chi connectivity index (χ1n) is 5.27. The molecule has 0 saturated carbocycles. The van der Waals surface area contributed by atoms with Gasteiger partial charge in [-0.1, -0.05) is 6.07 Å². The molecule has 3 heterocycles. The second-order valence-corrected chi connectivity index (χ2v) is 5.07. The molecule has 0 atom stereocenters. The van der Waals surface area contributed by atoms with Gasteiger partial charge in [-0.3, -0.25) is 4.79 Å². The van der Waals surface area contributed by atoms with Crippen LogP contribution < -0.4 is 0 Å². The Morgan fingerprint density at radius 2 is 2.29 bits per heavy atom. The van der Waals surface area contributed by atoms with E-state index >= 15 is 0 Å². The monoisotopic (exact) mass is 242 g/mol. The highest BCUT2D eigenvalue weighted by Gasteiger charge is 2.07. The first-order chi connectivity index (χ1) is 8.28. The minimum Gasteiger partial charge on any atom is -0.314 e. The molecular weight excluding hydrogens is 232 g/mol. The van der Waals surface area contributed by atoms with Gasteiger partial charge in [-0.05, 0) is 25.1 Å². The number of nitrogens with zero attached hydrogens (tertiary/aromatic N) is 2. The molecule has 0 fully saturated rings. The zero-order valence-corrected chi connectivity index (χ0v) is 10.1. The van der Waals surface area contributed by atoms with E-state index in [0.29, 0.717) is 5.69 Å². The summed E-state index contributed by atoms with van der Waals surface area (Å²) in [5, 5.41) is 1.05. The van der Waals surface area contributed by atoms with Crippen molar-refractivity contribution < 1.29 is 4.79 Å². The molecule has 0 radical (unpaired) electrons. The molecule has 3 nitrogen and oxygen atoms in total. The molecule has 0 spiro atoms. The molecule has 0 aliphatic rings. The van der Waals surface area contributed by atoms with Crippen LogP contribution in [0.4, 0.5) is 0 Å². The van der Waals surface area contributed by atoms with Crippen molar-refractivity contribution in [3.05, 3.63) is 47.4 Å². The average molecular weight is 242 g/mol. The van der Waals surface area contributed by atoms with Crippen LogP contribution in [0.1, 0.15) is 15.5 Å². The van der Waals surface area contributed by atoms with E-state index in [2.05, 4.69) is 11.1 Å². The van der Waals surface area contributed by atoms with Gasteiger partial charge in [0.25, 0.3) is 0 Å². The van der Waals surface area contributed by atoms with Crippen molar-refractivity contribution in [1.82, 2.24) is 9.38 Å². The number of rotatable bonds is 2. The van der Waals surface area contributed by atoms with Crippen molar-refractivity contribution in [2.75, 3.05) is 0 Å². The van der Waals surface area contributed by atoms with Gasteiger partial charge in [0.05, 0.1) is 15.6 Å². The number of fused-ring (bicyclic) bond motifs is 1. The van der Waals surface area contributed by atoms with E-state index in [4.69, 9.17) is 0 Å². The number of hydrogen-bond acceptors (Lipinski definition) is 3. The minimum atomic E-state index is 0.662. The zero-order valence-electron chi connectivity index (χ0n) is 9.25. The van der Waals surface area contributed by atoms with Gasteiger partial charge >= 0.3 is 0 Å². The van der Waals surface area contributed by atoms with Gasteiger partial charge in [0.2, 0.25) is 0 Å². The van der Waals surface area contributed by atoms with Gasteiger partial charge in [0.1, 0.15) is 0 Å². The van der Waals surface area contributed by atoms with E-state index < -0.39 is 0 Å². The maximum Gasteiger partial charge on any atom is 0.166 e. The summed E-state index contributed by atoms with van der Waals surface area (Å²) >= 11 is 1.66. The van der Waals surface area contributed by atoms with Crippen LogP contribution in [-0.2, 0) is 0 Å². The normalized spacial score (nSPS) is 10.9. The summed E-state index contributed by atoms with van der Waals surface area (Å²) in [5.74, 6) is 0. The molecule has 0 aliphatic heterocycles. The Morgan fingerprint density at radius 1 is 1.41 bits per heavy atom. The van der Waals surface area contributed by atoms with Gasteiger partial charge < -0.3 is 4.40 Å². The second-order valence-electron chi connectivity index (χ2n) is 3.84. The predicted octanol–water partition coefficient (Wildman–Crippen LogP) is 3.18. The van der Waals surface area contributed by atoms with E-state index in [1.54, 1.807) is 11.3 Å². The molecular formula is C13H10N2OS. The fourth-order valence-corrected chi connectivity index (χ4v) is 2.64. The van der Waals surface area contributed by atoms with Crippen molar-refractivity contribution in [1.29, 1.82) is 0 Å². The molecule has 0 aromatic carbocycles. The summed E-state index contributed by atoms with van der Waals surface area (Å²) < 4.78 is 1.90.